The third-order valence-corrected chi connectivity index (χ3v) is 4.65. The van der Waals surface area contributed by atoms with Crippen molar-refractivity contribution in [2.24, 2.45) is 0 Å². The highest BCUT2D eigenvalue weighted by Gasteiger charge is 2.21. The zero-order valence-corrected chi connectivity index (χ0v) is 15.1. The van der Waals surface area contributed by atoms with Gasteiger partial charge in [0.1, 0.15) is 0 Å². The van der Waals surface area contributed by atoms with E-state index in [-0.39, 0.29) is 11.7 Å². The number of hydrogen-bond acceptors (Lipinski definition) is 2. The number of halogens is 1. The largest absolute Gasteiger partial charge is 0.294 e. The molecule has 25 heavy (non-hydrogen) atoms. The Hall–Kier alpha value is -2.45. The molecule has 0 spiro atoms. The Morgan fingerprint density at radius 1 is 1.04 bits per heavy atom. The predicted octanol–water partition coefficient (Wildman–Crippen LogP) is 5.76. The highest BCUT2D eigenvalue weighted by molar-refractivity contribution is 6.30. The number of carbonyl (C=O) groups excluding carboxylic acids is 1. The summed E-state index contributed by atoms with van der Waals surface area (Å²) in [6.45, 7) is 3.94. The van der Waals surface area contributed by atoms with Crippen molar-refractivity contribution in [3.8, 4) is 0 Å². The van der Waals surface area contributed by atoms with E-state index in [2.05, 4.69) is 17.1 Å². The number of Topliss-reactive ketones (excluding diaryl/α,β-unsaturated/α-hetero) is 1. The van der Waals surface area contributed by atoms with E-state index in [0.29, 0.717) is 17.0 Å². The Morgan fingerprint density at radius 3 is 2.48 bits per heavy atom. The molecule has 0 aliphatic heterocycles. The number of aryl methyl sites for hydroxylation is 2. The first kappa shape index (κ1) is 17.4. The molecule has 3 rings (SSSR count). The molecule has 1 heterocycles. The molecule has 0 saturated heterocycles. The van der Waals surface area contributed by atoms with Crippen molar-refractivity contribution in [2.45, 2.75) is 26.2 Å². The summed E-state index contributed by atoms with van der Waals surface area (Å²) in [7, 11) is 0. The van der Waals surface area contributed by atoms with Crippen LogP contribution in [0.15, 0.2) is 66.9 Å². The van der Waals surface area contributed by atoms with Crippen molar-refractivity contribution in [2.75, 3.05) is 0 Å². The minimum atomic E-state index is -0.000520. The highest BCUT2D eigenvalue weighted by Crippen LogP contribution is 2.32. The van der Waals surface area contributed by atoms with Crippen LogP contribution in [0.25, 0.3) is 0 Å². The van der Waals surface area contributed by atoms with Gasteiger partial charge in [-0.15, -0.1) is 0 Å². The Bertz CT molecular complexity index is 890. The monoisotopic (exact) mass is 349 g/mol. The van der Waals surface area contributed by atoms with Gasteiger partial charge in [0.25, 0.3) is 0 Å². The molecule has 3 aromatic rings. The predicted molar refractivity (Wildman–Crippen MR) is 102 cm³/mol. The number of nitrogens with zero attached hydrogens (tertiary/aromatic N) is 1. The first-order valence-corrected chi connectivity index (χ1v) is 8.69. The number of hydrogen-bond donors (Lipinski definition) is 0. The van der Waals surface area contributed by atoms with Gasteiger partial charge in [-0.25, -0.2) is 0 Å². The summed E-state index contributed by atoms with van der Waals surface area (Å²) in [6.07, 6.45) is 2.10. The van der Waals surface area contributed by atoms with Crippen LogP contribution in [0.3, 0.4) is 0 Å². The van der Waals surface area contributed by atoms with Crippen LogP contribution in [0, 0.1) is 13.8 Å². The Balaban J connectivity index is 1.98. The molecule has 1 atom stereocenters. The van der Waals surface area contributed by atoms with Crippen molar-refractivity contribution < 1.29 is 4.79 Å². The summed E-state index contributed by atoms with van der Waals surface area (Å²) in [5.74, 6) is 0.119. The Morgan fingerprint density at radius 2 is 1.80 bits per heavy atom. The lowest BCUT2D eigenvalue weighted by molar-refractivity contribution is 0.0977. The lowest BCUT2D eigenvalue weighted by Gasteiger charge is -2.20. The van der Waals surface area contributed by atoms with Gasteiger partial charge >= 0.3 is 0 Å². The van der Waals surface area contributed by atoms with Crippen molar-refractivity contribution in [3.63, 3.8) is 0 Å². The average Bonchev–Trinajstić information content (AvgIpc) is 2.61. The van der Waals surface area contributed by atoms with Gasteiger partial charge in [-0.05, 0) is 54.8 Å². The van der Waals surface area contributed by atoms with Crippen LogP contribution in [0.5, 0.6) is 0 Å². The van der Waals surface area contributed by atoms with E-state index >= 15 is 0 Å². The minimum absolute atomic E-state index is 0.000520. The number of pyridine rings is 1. The molecule has 1 aromatic heterocycles. The fourth-order valence-corrected chi connectivity index (χ4v) is 3.37. The zero-order valence-electron chi connectivity index (χ0n) is 14.4. The van der Waals surface area contributed by atoms with Gasteiger partial charge in [0.15, 0.2) is 5.78 Å². The summed E-state index contributed by atoms with van der Waals surface area (Å²) in [5.41, 5.74) is 4.92. The minimum Gasteiger partial charge on any atom is -0.294 e. The van der Waals surface area contributed by atoms with Crippen LogP contribution < -0.4 is 0 Å². The van der Waals surface area contributed by atoms with Gasteiger partial charge in [-0.3, -0.25) is 9.78 Å². The fourth-order valence-electron chi connectivity index (χ4n) is 3.15. The lowest BCUT2D eigenvalue weighted by atomic mass is 9.84. The fraction of sp³-hybridized carbons (Fsp3) is 0.182. The second-order valence-corrected chi connectivity index (χ2v) is 6.71. The first-order valence-electron chi connectivity index (χ1n) is 8.31. The van der Waals surface area contributed by atoms with E-state index in [1.807, 2.05) is 56.3 Å². The van der Waals surface area contributed by atoms with Gasteiger partial charge in [0, 0.05) is 34.8 Å². The van der Waals surface area contributed by atoms with Crippen molar-refractivity contribution >= 4 is 17.4 Å². The second kappa shape index (κ2) is 7.62. The molecular weight excluding hydrogens is 330 g/mol. The topological polar surface area (TPSA) is 30.0 Å². The molecule has 3 heteroatoms. The molecular formula is C22H20ClNO. The molecule has 0 fully saturated rings. The van der Waals surface area contributed by atoms with E-state index in [1.165, 1.54) is 0 Å². The normalized spacial score (nSPS) is 12.0. The van der Waals surface area contributed by atoms with Gasteiger partial charge in [0.05, 0.1) is 0 Å². The third-order valence-electron chi connectivity index (χ3n) is 4.42. The second-order valence-electron chi connectivity index (χ2n) is 6.28. The molecule has 0 N–H and O–H groups in total. The summed E-state index contributed by atoms with van der Waals surface area (Å²) in [6, 6.07) is 19.7. The van der Waals surface area contributed by atoms with E-state index in [4.69, 9.17) is 11.6 Å². The average molecular weight is 350 g/mol. The highest BCUT2D eigenvalue weighted by atomic mass is 35.5. The zero-order chi connectivity index (χ0) is 17.8. The SMILES string of the molecule is Cc1cc(C(=O)C[C@@H](c2ccccc2)c2ccc(Cl)cc2C)ccn1. The van der Waals surface area contributed by atoms with E-state index in [1.54, 1.807) is 12.3 Å². The quantitative estimate of drug-likeness (QED) is 0.548. The van der Waals surface area contributed by atoms with Crippen LogP contribution in [-0.2, 0) is 0 Å². The maximum atomic E-state index is 12.9. The lowest BCUT2D eigenvalue weighted by Crippen LogP contribution is -2.11. The van der Waals surface area contributed by atoms with Crippen LogP contribution in [-0.4, -0.2) is 10.8 Å². The molecule has 0 aliphatic carbocycles. The van der Waals surface area contributed by atoms with Gasteiger partial charge < -0.3 is 0 Å². The number of rotatable bonds is 5. The van der Waals surface area contributed by atoms with Crippen molar-refractivity contribution in [3.05, 3.63) is 99.8 Å². The first-order chi connectivity index (χ1) is 12.0. The summed E-state index contributed by atoms with van der Waals surface area (Å²) >= 11 is 6.11. The van der Waals surface area contributed by atoms with E-state index in [0.717, 1.165) is 22.4 Å². The van der Waals surface area contributed by atoms with Gasteiger partial charge in [-0.1, -0.05) is 48.0 Å². The number of aromatic nitrogens is 1. The standard InChI is InChI=1S/C22H20ClNO/c1-15-12-19(23)8-9-20(15)21(17-6-4-3-5-7-17)14-22(25)18-10-11-24-16(2)13-18/h3-13,21H,14H2,1-2H3/t21-/m0/s1. The number of benzene rings is 2. The van der Waals surface area contributed by atoms with Crippen molar-refractivity contribution in [1.29, 1.82) is 0 Å². The maximum absolute atomic E-state index is 12.9. The van der Waals surface area contributed by atoms with E-state index < -0.39 is 0 Å². The molecule has 0 radical (unpaired) electrons. The molecule has 0 saturated carbocycles. The summed E-state index contributed by atoms with van der Waals surface area (Å²) < 4.78 is 0. The molecule has 0 amide bonds. The summed E-state index contributed by atoms with van der Waals surface area (Å²) in [4.78, 5) is 17.1. The molecule has 0 aliphatic rings. The summed E-state index contributed by atoms with van der Waals surface area (Å²) in [5, 5.41) is 0.712. The van der Waals surface area contributed by atoms with Crippen LogP contribution >= 0.6 is 11.6 Å². The van der Waals surface area contributed by atoms with Crippen LogP contribution in [0.4, 0.5) is 0 Å². The van der Waals surface area contributed by atoms with E-state index in [9.17, 15) is 4.79 Å². The molecule has 126 valence electrons. The smallest absolute Gasteiger partial charge is 0.163 e. The molecule has 2 nitrogen and oxygen atoms in total. The van der Waals surface area contributed by atoms with Gasteiger partial charge in [-0.2, -0.15) is 0 Å². The van der Waals surface area contributed by atoms with Crippen LogP contribution in [0.2, 0.25) is 5.02 Å². The van der Waals surface area contributed by atoms with Crippen molar-refractivity contribution in [1.82, 2.24) is 4.98 Å². The molecule has 2 aromatic carbocycles. The number of ketones is 1. The Kier molecular flexibility index (Phi) is 5.30. The number of carbonyl (C=O) groups is 1. The maximum Gasteiger partial charge on any atom is 0.163 e. The molecule has 0 bridgehead atoms. The third kappa shape index (κ3) is 4.15. The van der Waals surface area contributed by atoms with Gasteiger partial charge in [0.2, 0.25) is 0 Å². The van der Waals surface area contributed by atoms with Crippen LogP contribution in [0.1, 0.15) is 45.1 Å². The molecule has 0 unspecified atom stereocenters. The Labute approximate surface area is 153 Å².